The van der Waals surface area contributed by atoms with Crippen LogP contribution in [0.25, 0.3) is 11.3 Å². The number of hydrogen-bond donors (Lipinski definition) is 2. The van der Waals surface area contributed by atoms with Crippen LogP contribution in [-0.4, -0.2) is 40.5 Å². The average Bonchev–Trinajstić information content (AvgIpc) is 3.25. The summed E-state index contributed by atoms with van der Waals surface area (Å²) in [4.78, 5) is 28.8. The summed E-state index contributed by atoms with van der Waals surface area (Å²) in [5.41, 5.74) is 4.39. The molecule has 37 heavy (non-hydrogen) atoms. The van der Waals surface area contributed by atoms with Crippen LogP contribution in [0.4, 0.5) is 17.3 Å². The van der Waals surface area contributed by atoms with E-state index in [4.69, 9.17) is 16.6 Å². The summed E-state index contributed by atoms with van der Waals surface area (Å²) >= 11 is 6.56. The average molecular weight is 517 g/mol. The molecule has 3 aromatic rings. The maximum absolute atomic E-state index is 13.3. The number of rotatable bonds is 5. The van der Waals surface area contributed by atoms with Crippen molar-refractivity contribution < 1.29 is 4.79 Å². The zero-order chi connectivity index (χ0) is 25.2. The van der Waals surface area contributed by atoms with E-state index in [1.165, 1.54) is 37.7 Å². The van der Waals surface area contributed by atoms with Gasteiger partial charge in [-0.25, -0.2) is 9.97 Å². The first-order chi connectivity index (χ1) is 18.1. The maximum atomic E-state index is 13.3. The Morgan fingerprint density at radius 1 is 1.03 bits per heavy atom. The molecule has 0 unspecified atom stereocenters. The fourth-order valence-corrected chi connectivity index (χ4v) is 6.41. The number of aromatic nitrogens is 3. The molecule has 6 rings (SSSR count). The van der Waals surface area contributed by atoms with E-state index in [-0.39, 0.29) is 11.3 Å². The van der Waals surface area contributed by atoms with Crippen molar-refractivity contribution in [3.8, 4) is 11.3 Å². The van der Waals surface area contributed by atoms with Crippen LogP contribution >= 0.6 is 11.6 Å². The molecule has 1 spiro atoms. The Morgan fingerprint density at radius 2 is 1.86 bits per heavy atom. The molecule has 192 valence electrons. The second-order valence-corrected chi connectivity index (χ2v) is 11.1. The molecule has 2 saturated heterocycles. The number of piperidine rings is 1. The minimum atomic E-state index is -0.227. The first kappa shape index (κ1) is 24.3. The van der Waals surface area contributed by atoms with E-state index in [1.54, 1.807) is 18.6 Å². The molecule has 1 amide bonds. The normalized spacial score (nSPS) is 19.9. The third-order valence-corrected chi connectivity index (χ3v) is 8.62. The van der Waals surface area contributed by atoms with E-state index in [0.717, 1.165) is 55.8 Å². The van der Waals surface area contributed by atoms with Gasteiger partial charge in [0.05, 0.1) is 46.1 Å². The van der Waals surface area contributed by atoms with E-state index < -0.39 is 0 Å². The fourth-order valence-electron chi connectivity index (χ4n) is 6.21. The molecular formula is C29H33ClN6O. The van der Waals surface area contributed by atoms with Crippen molar-refractivity contribution in [1.29, 1.82) is 0 Å². The Hall–Kier alpha value is -3.03. The Labute approximate surface area is 223 Å². The van der Waals surface area contributed by atoms with Gasteiger partial charge in [-0.2, -0.15) is 0 Å². The highest BCUT2D eigenvalue weighted by molar-refractivity contribution is 6.32. The van der Waals surface area contributed by atoms with E-state index >= 15 is 0 Å². The number of halogens is 1. The van der Waals surface area contributed by atoms with Crippen molar-refractivity contribution in [2.75, 3.05) is 29.9 Å². The molecule has 0 atom stereocenters. The molecule has 1 saturated carbocycles. The molecule has 4 heterocycles. The molecule has 8 heteroatoms. The summed E-state index contributed by atoms with van der Waals surface area (Å²) in [6.07, 6.45) is 14.2. The van der Waals surface area contributed by atoms with Crippen molar-refractivity contribution in [1.82, 2.24) is 20.3 Å². The number of nitrogens with zero attached hydrogens (tertiary/aromatic N) is 4. The predicted octanol–water partition coefficient (Wildman–Crippen LogP) is 6.09. The molecule has 1 aromatic carbocycles. The van der Waals surface area contributed by atoms with Gasteiger partial charge in [-0.3, -0.25) is 9.78 Å². The minimum Gasteiger partial charge on any atom is -0.323 e. The van der Waals surface area contributed by atoms with Crippen molar-refractivity contribution in [3.63, 3.8) is 0 Å². The van der Waals surface area contributed by atoms with Crippen LogP contribution in [0.15, 0.2) is 48.9 Å². The zero-order valence-corrected chi connectivity index (χ0v) is 21.8. The van der Waals surface area contributed by atoms with Crippen LogP contribution < -0.4 is 15.5 Å². The molecule has 3 aliphatic rings. The van der Waals surface area contributed by atoms with Crippen molar-refractivity contribution in [2.24, 2.45) is 5.41 Å². The van der Waals surface area contributed by atoms with E-state index in [1.807, 2.05) is 11.0 Å². The lowest BCUT2D eigenvalue weighted by Crippen LogP contribution is -2.42. The second kappa shape index (κ2) is 10.4. The topological polar surface area (TPSA) is 83.0 Å². The van der Waals surface area contributed by atoms with Gasteiger partial charge < -0.3 is 15.5 Å². The summed E-state index contributed by atoms with van der Waals surface area (Å²) in [6, 6.07) is 10.6. The number of benzene rings is 1. The quantitative estimate of drug-likeness (QED) is 0.427. The highest BCUT2D eigenvalue weighted by Gasteiger charge is 2.47. The molecule has 0 radical (unpaired) electrons. The summed E-state index contributed by atoms with van der Waals surface area (Å²) in [6.45, 7) is 2.53. The van der Waals surface area contributed by atoms with Crippen LogP contribution in [0.3, 0.4) is 0 Å². The first-order valence-corrected chi connectivity index (χ1v) is 13.9. The largest absolute Gasteiger partial charge is 0.323 e. The molecule has 2 aromatic heterocycles. The monoisotopic (exact) mass is 516 g/mol. The third kappa shape index (κ3) is 4.94. The highest BCUT2D eigenvalue weighted by Crippen LogP contribution is 2.42. The zero-order valence-electron chi connectivity index (χ0n) is 21.0. The Kier molecular flexibility index (Phi) is 6.82. The van der Waals surface area contributed by atoms with Gasteiger partial charge in [-0.1, -0.05) is 49.1 Å². The van der Waals surface area contributed by atoms with Crippen LogP contribution in [0.5, 0.6) is 0 Å². The number of pyridine rings is 1. The molecule has 0 bridgehead atoms. The molecule has 2 N–H and O–H groups in total. The lowest BCUT2D eigenvalue weighted by molar-refractivity contribution is -0.126. The van der Waals surface area contributed by atoms with Gasteiger partial charge in [-0.05, 0) is 68.8 Å². The SMILES string of the molecule is O=C1N(c2cncc(Nc3ncc(Cl)c(-c4cccc(C5CCCCC5)c4)n3)c2)CCC12CCNCC2. The summed E-state index contributed by atoms with van der Waals surface area (Å²) < 4.78 is 0. The molecular weight excluding hydrogens is 484 g/mol. The van der Waals surface area contributed by atoms with Crippen LogP contribution in [0.2, 0.25) is 5.02 Å². The number of hydrogen-bond acceptors (Lipinski definition) is 6. The molecule has 7 nitrogen and oxygen atoms in total. The smallest absolute Gasteiger partial charge is 0.233 e. The van der Waals surface area contributed by atoms with E-state index in [9.17, 15) is 4.79 Å². The van der Waals surface area contributed by atoms with Gasteiger partial charge in [0.2, 0.25) is 11.9 Å². The first-order valence-electron chi connectivity index (χ1n) is 13.5. The van der Waals surface area contributed by atoms with Crippen LogP contribution in [0, 0.1) is 5.41 Å². The van der Waals surface area contributed by atoms with Gasteiger partial charge in [0.1, 0.15) is 0 Å². The van der Waals surface area contributed by atoms with Gasteiger partial charge in [0, 0.05) is 12.1 Å². The molecule has 3 fully saturated rings. The Bertz CT molecular complexity index is 1280. The van der Waals surface area contributed by atoms with Gasteiger partial charge in [0.25, 0.3) is 0 Å². The number of nitrogens with one attached hydrogen (secondary N) is 2. The van der Waals surface area contributed by atoms with Gasteiger partial charge in [0.15, 0.2) is 0 Å². The van der Waals surface area contributed by atoms with Crippen LogP contribution in [0.1, 0.15) is 62.8 Å². The Morgan fingerprint density at radius 3 is 2.70 bits per heavy atom. The van der Waals surface area contributed by atoms with Gasteiger partial charge in [-0.15, -0.1) is 0 Å². The Balaban J connectivity index is 1.22. The summed E-state index contributed by atoms with van der Waals surface area (Å²) in [5.74, 6) is 1.28. The van der Waals surface area contributed by atoms with E-state index in [2.05, 4.69) is 44.9 Å². The second-order valence-electron chi connectivity index (χ2n) is 10.6. The highest BCUT2D eigenvalue weighted by atomic mass is 35.5. The van der Waals surface area contributed by atoms with E-state index in [0.29, 0.717) is 22.6 Å². The fraction of sp³-hybridized carbons (Fsp3) is 0.448. The standard InChI is InChI=1S/C29H33ClN6O/c30-25-19-33-28(35-26(25)22-8-4-7-21(15-22)20-5-2-1-3-6-20)34-23-16-24(18-32-17-23)36-14-11-29(27(36)37)9-12-31-13-10-29/h4,7-8,15-20,31H,1-3,5-6,9-14H2,(H,33,34,35). The van der Waals surface area contributed by atoms with Crippen LogP contribution in [-0.2, 0) is 4.79 Å². The van der Waals surface area contributed by atoms with Gasteiger partial charge >= 0.3 is 0 Å². The predicted molar refractivity (Wildman–Crippen MR) is 147 cm³/mol. The van der Waals surface area contributed by atoms with Crippen molar-refractivity contribution >= 4 is 34.8 Å². The number of amides is 1. The van der Waals surface area contributed by atoms with Crippen molar-refractivity contribution in [2.45, 2.75) is 57.3 Å². The molecule has 2 aliphatic heterocycles. The number of anilines is 3. The lowest BCUT2D eigenvalue weighted by Gasteiger charge is -2.32. The summed E-state index contributed by atoms with van der Waals surface area (Å²) in [7, 11) is 0. The number of carbonyl (C=O) groups excluding carboxylic acids is 1. The minimum absolute atomic E-state index is 0.218. The molecule has 1 aliphatic carbocycles. The maximum Gasteiger partial charge on any atom is 0.233 e. The number of carbonyl (C=O) groups is 1. The third-order valence-electron chi connectivity index (χ3n) is 8.35. The lowest BCUT2D eigenvalue weighted by atomic mass is 9.78. The van der Waals surface area contributed by atoms with Crippen molar-refractivity contribution in [3.05, 3.63) is 59.5 Å². The summed E-state index contributed by atoms with van der Waals surface area (Å²) in [5, 5.41) is 7.17.